The number of rotatable bonds is 2. The maximum Gasteiger partial charge on any atom is 0.248 e. The zero-order valence-electron chi connectivity index (χ0n) is 7.32. The Hall–Kier alpha value is -0.600. The minimum Gasteiger partial charge on any atom is -0.388 e. The molecule has 0 spiro atoms. The van der Waals surface area contributed by atoms with E-state index in [1.165, 1.54) is 0 Å². The summed E-state index contributed by atoms with van der Waals surface area (Å²) in [6.07, 6.45) is 4.93. The van der Waals surface area contributed by atoms with E-state index in [2.05, 4.69) is 5.32 Å². The summed E-state index contributed by atoms with van der Waals surface area (Å²) in [7, 11) is 0. The molecule has 1 saturated carbocycles. The predicted molar refractivity (Wildman–Crippen MR) is 45.2 cm³/mol. The van der Waals surface area contributed by atoms with Gasteiger partial charge in [0.05, 0.1) is 0 Å². The van der Waals surface area contributed by atoms with Crippen LogP contribution in [0.1, 0.15) is 32.6 Å². The second kappa shape index (κ2) is 3.87. The highest BCUT2D eigenvalue weighted by atomic mass is 19.3. The summed E-state index contributed by atoms with van der Waals surface area (Å²) >= 11 is 0. The van der Waals surface area contributed by atoms with Crippen molar-refractivity contribution in [3.63, 3.8) is 0 Å². The Morgan fingerprint density at radius 2 is 1.92 bits per heavy atom. The van der Waals surface area contributed by atoms with Crippen molar-refractivity contribution < 1.29 is 8.78 Å². The Labute approximate surface area is 71.8 Å². The van der Waals surface area contributed by atoms with E-state index in [9.17, 15) is 8.78 Å². The van der Waals surface area contributed by atoms with E-state index >= 15 is 0 Å². The SMILES string of the molecule is C/C=C/NC1CCC(F)(F)CC1. The van der Waals surface area contributed by atoms with Gasteiger partial charge in [0.15, 0.2) is 0 Å². The number of hydrogen-bond acceptors (Lipinski definition) is 1. The lowest BCUT2D eigenvalue weighted by molar-refractivity contribution is -0.0394. The van der Waals surface area contributed by atoms with Gasteiger partial charge < -0.3 is 5.32 Å². The first-order valence-electron chi connectivity index (χ1n) is 4.39. The van der Waals surface area contributed by atoms with E-state index < -0.39 is 5.92 Å². The number of nitrogens with one attached hydrogen (secondary N) is 1. The fourth-order valence-electron chi connectivity index (χ4n) is 1.44. The average Bonchev–Trinajstić information content (AvgIpc) is 2.03. The highest BCUT2D eigenvalue weighted by Crippen LogP contribution is 2.32. The molecule has 0 heterocycles. The van der Waals surface area contributed by atoms with Crippen molar-refractivity contribution in [2.75, 3.05) is 0 Å². The molecule has 70 valence electrons. The van der Waals surface area contributed by atoms with Gasteiger partial charge >= 0.3 is 0 Å². The van der Waals surface area contributed by atoms with Gasteiger partial charge in [0, 0.05) is 18.9 Å². The van der Waals surface area contributed by atoms with Crippen LogP contribution in [0, 0.1) is 0 Å². The van der Waals surface area contributed by atoms with Crippen LogP contribution in [0.2, 0.25) is 0 Å². The average molecular weight is 175 g/mol. The molecule has 0 atom stereocenters. The van der Waals surface area contributed by atoms with E-state index in [4.69, 9.17) is 0 Å². The van der Waals surface area contributed by atoms with Gasteiger partial charge in [-0.05, 0) is 26.0 Å². The molecule has 1 aliphatic carbocycles. The lowest BCUT2D eigenvalue weighted by Gasteiger charge is -2.28. The maximum absolute atomic E-state index is 12.7. The van der Waals surface area contributed by atoms with Gasteiger partial charge in [-0.2, -0.15) is 0 Å². The summed E-state index contributed by atoms with van der Waals surface area (Å²) in [4.78, 5) is 0. The van der Waals surface area contributed by atoms with E-state index in [0.717, 1.165) is 0 Å². The first-order valence-corrected chi connectivity index (χ1v) is 4.39. The second-order valence-electron chi connectivity index (χ2n) is 3.30. The summed E-state index contributed by atoms with van der Waals surface area (Å²) in [5.74, 6) is -2.41. The van der Waals surface area contributed by atoms with Gasteiger partial charge in [-0.25, -0.2) is 8.78 Å². The third kappa shape index (κ3) is 2.80. The van der Waals surface area contributed by atoms with Crippen LogP contribution in [0.5, 0.6) is 0 Å². The zero-order chi connectivity index (χ0) is 9.03. The predicted octanol–water partition coefficient (Wildman–Crippen LogP) is 2.69. The highest BCUT2D eigenvalue weighted by molar-refractivity contribution is 4.86. The maximum atomic E-state index is 12.7. The van der Waals surface area contributed by atoms with Gasteiger partial charge in [0.2, 0.25) is 5.92 Å². The largest absolute Gasteiger partial charge is 0.388 e. The van der Waals surface area contributed by atoms with Crippen LogP contribution in [0.25, 0.3) is 0 Å². The molecular weight excluding hydrogens is 160 g/mol. The Balaban J connectivity index is 2.26. The Morgan fingerprint density at radius 3 is 2.42 bits per heavy atom. The highest BCUT2D eigenvalue weighted by Gasteiger charge is 2.34. The van der Waals surface area contributed by atoms with Crippen molar-refractivity contribution in [1.82, 2.24) is 5.32 Å². The van der Waals surface area contributed by atoms with Crippen molar-refractivity contribution in [2.45, 2.75) is 44.6 Å². The van der Waals surface area contributed by atoms with Gasteiger partial charge in [0.1, 0.15) is 0 Å². The number of hydrogen-bond donors (Lipinski definition) is 1. The van der Waals surface area contributed by atoms with E-state index in [1.54, 1.807) is 0 Å². The monoisotopic (exact) mass is 175 g/mol. The smallest absolute Gasteiger partial charge is 0.248 e. The third-order valence-electron chi connectivity index (χ3n) is 2.22. The summed E-state index contributed by atoms with van der Waals surface area (Å²) in [5, 5.41) is 3.10. The molecule has 1 rings (SSSR count). The Bertz CT molecular complexity index is 156. The number of alkyl halides is 2. The van der Waals surface area contributed by atoms with Crippen LogP contribution in [0.4, 0.5) is 8.78 Å². The van der Waals surface area contributed by atoms with Gasteiger partial charge in [-0.15, -0.1) is 0 Å². The fraction of sp³-hybridized carbons (Fsp3) is 0.778. The second-order valence-corrected chi connectivity index (χ2v) is 3.30. The van der Waals surface area contributed by atoms with Crippen LogP contribution in [0.15, 0.2) is 12.3 Å². The van der Waals surface area contributed by atoms with Crippen LogP contribution in [-0.2, 0) is 0 Å². The first kappa shape index (κ1) is 9.49. The van der Waals surface area contributed by atoms with E-state index in [0.29, 0.717) is 12.8 Å². The summed E-state index contributed by atoms with van der Waals surface area (Å²) in [6.45, 7) is 1.91. The molecule has 0 aromatic carbocycles. The molecule has 0 saturated heterocycles. The molecule has 1 N–H and O–H groups in total. The molecule has 0 amide bonds. The van der Waals surface area contributed by atoms with Gasteiger partial charge in [0.25, 0.3) is 0 Å². The molecule has 0 bridgehead atoms. The molecule has 3 heteroatoms. The third-order valence-corrected chi connectivity index (χ3v) is 2.22. The van der Waals surface area contributed by atoms with Crippen LogP contribution >= 0.6 is 0 Å². The quantitative estimate of drug-likeness (QED) is 0.680. The van der Waals surface area contributed by atoms with Crippen molar-refractivity contribution >= 4 is 0 Å². The lowest BCUT2D eigenvalue weighted by Crippen LogP contribution is -2.34. The van der Waals surface area contributed by atoms with Crippen LogP contribution < -0.4 is 5.32 Å². The first-order chi connectivity index (χ1) is 5.64. The van der Waals surface area contributed by atoms with Crippen molar-refractivity contribution in [3.05, 3.63) is 12.3 Å². The molecule has 0 aliphatic heterocycles. The molecule has 0 aromatic rings. The van der Waals surface area contributed by atoms with E-state index in [-0.39, 0.29) is 18.9 Å². The van der Waals surface area contributed by atoms with Crippen molar-refractivity contribution in [2.24, 2.45) is 0 Å². The normalized spacial score (nSPS) is 24.6. The minimum atomic E-state index is -2.41. The fourth-order valence-corrected chi connectivity index (χ4v) is 1.44. The van der Waals surface area contributed by atoms with E-state index in [1.807, 2.05) is 19.2 Å². The molecule has 0 radical (unpaired) electrons. The topological polar surface area (TPSA) is 12.0 Å². The Kier molecular flexibility index (Phi) is 3.06. The van der Waals surface area contributed by atoms with Crippen LogP contribution in [-0.4, -0.2) is 12.0 Å². The Morgan fingerprint density at radius 1 is 1.33 bits per heavy atom. The molecule has 0 aromatic heterocycles. The summed E-state index contributed by atoms with van der Waals surface area (Å²) in [5.41, 5.74) is 0. The molecule has 12 heavy (non-hydrogen) atoms. The molecular formula is C9H15F2N. The standard InChI is InChI=1S/C9H15F2N/c1-2-7-12-8-3-5-9(10,11)6-4-8/h2,7-8,12H,3-6H2,1H3/b7-2+. The van der Waals surface area contributed by atoms with Gasteiger partial charge in [-0.3, -0.25) is 0 Å². The molecule has 1 aliphatic rings. The molecule has 1 nitrogen and oxygen atoms in total. The van der Waals surface area contributed by atoms with Gasteiger partial charge in [-0.1, -0.05) is 6.08 Å². The van der Waals surface area contributed by atoms with Crippen molar-refractivity contribution in [3.8, 4) is 0 Å². The van der Waals surface area contributed by atoms with Crippen LogP contribution in [0.3, 0.4) is 0 Å². The minimum absolute atomic E-state index is 0.0300. The molecule has 0 unspecified atom stereocenters. The summed E-state index contributed by atoms with van der Waals surface area (Å²) in [6, 6.07) is 0.251. The number of allylic oxidation sites excluding steroid dienone is 1. The molecule has 1 fully saturated rings. The number of halogens is 2. The zero-order valence-corrected chi connectivity index (χ0v) is 7.32. The van der Waals surface area contributed by atoms with Crippen molar-refractivity contribution in [1.29, 1.82) is 0 Å². The lowest BCUT2D eigenvalue weighted by atomic mass is 9.92. The summed E-state index contributed by atoms with van der Waals surface area (Å²) < 4.78 is 25.3.